The number of nitrogens with zero attached hydrogens (tertiary/aromatic N) is 4. The third-order valence-corrected chi connectivity index (χ3v) is 5.67. The van der Waals surface area contributed by atoms with Crippen molar-refractivity contribution in [1.29, 1.82) is 0 Å². The number of aromatic nitrogens is 4. The van der Waals surface area contributed by atoms with E-state index in [9.17, 15) is 4.79 Å². The molecule has 0 unspecified atom stereocenters. The number of rotatable bonds is 4. The first-order valence-electron chi connectivity index (χ1n) is 7.58. The van der Waals surface area contributed by atoms with E-state index < -0.39 is 0 Å². The van der Waals surface area contributed by atoms with Gasteiger partial charge in [-0.05, 0) is 18.2 Å². The van der Waals surface area contributed by atoms with Crippen molar-refractivity contribution in [3.63, 3.8) is 0 Å². The molecule has 0 saturated carbocycles. The SMILES string of the molecule is Cn1nc(-c2nccs2)cc1-c1ncc(NC(=O)c2ccccc2Cl)s1. The Bertz CT molecular complexity index is 1070. The number of benzene rings is 1. The summed E-state index contributed by atoms with van der Waals surface area (Å²) in [5, 5.41) is 11.9. The molecule has 0 atom stereocenters. The molecule has 26 heavy (non-hydrogen) atoms. The molecule has 0 aliphatic carbocycles. The Kier molecular flexibility index (Phi) is 4.54. The number of aryl methyl sites for hydroxylation is 1. The van der Waals surface area contributed by atoms with Crippen molar-refractivity contribution in [2.75, 3.05) is 5.32 Å². The molecule has 0 saturated heterocycles. The zero-order valence-corrected chi connectivity index (χ0v) is 15.9. The van der Waals surface area contributed by atoms with Gasteiger partial charge in [-0.1, -0.05) is 35.1 Å². The number of hydrogen-bond donors (Lipinski definition) is 1. The summed E-state index contributed by atoms with van der Waals surface area (Å²) < 4.78 is 1.76. The van der Waals surface area contributed by atoms with E-state index in [1.807, 2.05) is 18.5 Å². The predicted octanol–water partition coefficient (Wildman–Crippen LogP) is 4.57. The normalized spacial score (nSPS) is 10.8. The van der Waals surface area contributed by atoms with Gasteiger partial charge in [0.25, 0.3) is 5.91 Å². The van der Waals surface area contributed by atoms with Gasteiger partial charge in [0.2, 0.25) is 0 Å². The molecule has 1 N–H and O–H groups in total. The van der Waals surface area contributed by atoms with E-state index in [4.69, 9.17) is 11.6 Å². The van der Waals surface area contributed by atoms with E-state index in [0.717, 1.165) is 21.4 Å². The van der Waals surface area contributed by atoms with E-state index >= 15 is 0 Å². The van der Waals surface area contributed by atoms with Crippen LogP contribution in [0.3, 0.4) is 0 Å². The van der Waals surface area contributed by atoms with E-state index in [2.05, 4.69) is 20.4 Å². The number of amides is 1. The first-order valence-corrected chi connectivity index (χ1v) is 9.65. The largest absolute Gasteiger partial charge is 0.312 e. The highest BCUT2D eigenvalue weighted by Crippen LogP contribution is 2.32. The summed E-state index contributed by atoms with van der Waals surface area (Å²) in [7, 11) is 1.86. The second-order valence-corrected chi connectivity index (χ2v) is 7.67. The van der Waals surface area contributed by atoms with Crippen LogP contribution in [0.15, 0.2) is 48.1 Å². The third kappa shape index (κ3) is 3.26. The summed E-state index contributed by atoms with van der Waals surface area (Å²) in [4.78, 5) is 21.0. The van der Waals surface area contributed by atoms with Crippen LogP contribution < -0.4 is 5.32 Å². The van der Waals surface area contributed by atoms with Crippen LogP contribution in [0.25, 0.3) is 21.4 Å². The molecular formula is C17H12ClN5OS2. The standard InChI is InChI=1S/C17H12ClN5OS2/c1-23-13(8-12(22-23)16-19-6-7-25-16)17-20-9-14(26-17)21-15(24)10-4-2-3-5-11(10)18/h2-9H,1H3,(H,21,24). The van der Waals surface area contributed by atoms with Gasteiger partial charge < -0.3 is 5.32 Å². The van der Waals surface area contributed by atoms with Crippen LogP contribution in [0.5, 0.6) is 0 Å². The van der Waals surface area contributed by atoms with Gasteiger partial charge in [0, 0.05) is 18.6 Å². The summed E-state index contributed by atoms with van der Waals surface area (Å²) in [6.07, 6.45) is 3.38. The Labute approximate surface area is 162 Å². The van der Waals surface area contributed by atoms with Crippen LogP contribution >= 0.6 is 34.3 Å². The summed E-state index contributed by atoms with van der Waals surface area (Å²) in [5.41, 5.74) is 2.09. The Morgan fingerprint density at radius 2 is 2.08 bits per heavy atom. The molecule has 1 aromatic carbocycles. The number of halogens is 1. The smallest absolute Gasteiger partial charge is 0.257 e. The number of hydrogen-bond acceptors (Lipinski definition) is 6. The molecule has 4 aromatic rings. The van der Waals surface area contributed by atoms with Crippen molar-refractivity contribution >= 4 is 45.2 Å². The molecule has 0 aliphatic heterocycles. The topological polar surface area (TPSA) is 72.7 Å². The first-order chi connectivity index (χ1) is 12.6. The fraction of sp³-hybridized carbons (Fsp3) is 0.0588. The molecule has 0 spiro atoms. The minimum absolute atomic E-state index is 0.265. The van der Waals surface area contributed by atoms with Gasteiger partial charge in [-0.25, -0.2) is 9.97 Å². The number of anilines is 1. The molecule has 0 radical (unpaired) electrons. The molecule has 6 nitrogen and oxygen atoms in total. The summed E-state index contributed by atoms with van der Waals surface area (Å²) >= 11 is 8.98. The molecule has 1 amide bonds. The van der Waals surface area contributed by atoms with E-state index in [-0.39, 0.29) is 5.91 Å². The Balaban J connectivity index is 1.57. The number of carbonyl (C=O) groups excluding carboxylic acids is 1. The second-order valence-electron chi connectivity index (χ2n) is 5.34. The fourth-order valence-electron chi connectivity index (χ4n) is 2.40. The maximum Gasteiger partial charge on any atom is 0.257 e. The van der Waals surface area contributed by atoms with Gasteiger partial charge in [-0.15, -0.1) is 11.3 Å². The molecule has 0 fully saturated rings. The maximum absolute atomic E-state index is 12.4. The van der Waals surface area contributed by atoms with Gasteiger partial charge in [0.05, 0.1) is 22.5 Å². The number of carbonyl (C=O) groups is 1. The van der Waals surface area contributed by atoms with Crippen LogP contribution in [-0.2, 0) is 7.05 Å². The highest BCUT2D eigenvalue weighted by Gasteiger charge is 2.16. The lowest BCUT2D eigenvalue weighted by atomic mass is 10.2. The van der Waals surface area contributed by atoms with Crippen molar-refractivity contribution in [3.8, 4) is 21.4 Å². The zero-order chi connectivity index (χ0) is 18.1. The van der Waals surface area contributed by atoms with Crippen molar-refractivity contribution in [1.82, 2.24) is 19.7 Å². The number of nitrogens with one attached hydrogen (secondary N) is 1. The van der Waals surface area contributed by atoms with Crippen molar-refractivity contribution in [2.45, 2.75) is 0 Å². The lowest BCUT2D eigenvalue weighted by Gasteiger charge is -2.03. The van der Waals surface area contributed by atoms with Gasteiger partial charge >= 0.3 is 0 Å². The summed E-state index contributed by atoms with van der Waals surface area (Å²) in [6.45, 7) is 0. The number of thiazole rings is 2. The van der Waals surface area contributed by atoms with Gasteiger partial charge in [-0.3, -0.25) is 9.48 Å². The maximum atomic E-state index is 12.4. The summed E-state index contributed by atoms with van der Waals surface area (Å²) in [5.74, 6) is -0.265. The average Bonchev–Trinajstić information content (AvgIpc) is 3.35. The van der Waals surface area contributed by atoms with E-state index in [1.54, 1.807) is 41.3 Å². The monoisotopic (exact) mass is 401 g/mol. The van der Waals surface area contributed by atoms with Crippen molar-refractivity contribution < 1.29 is 4.79 Å². The lowest BCUT2D eigenvalue weighted by Crippen LogP contribution is -2.11. The molecule has 9 heteroatoms. The highest BCUT2D eigenvalue weighted by molar-refractivity contribution is 7.19. The van der Waals surface area contributed by atoms with Crippen molar-refractivity contribution in [2.24, 2.45) is 7.05 Å². The van der Waals surface area contributed by atoms with Crippen LogP contribution in [0.2, 0.25) is 5.02 Å². The molecular weight excluding hydrogens is 390 g/mol. The quantitative estimate of drug-likeness (QED) is 0.543. The van der Waals surface area contributed by atoms with E-state index in [1.165, 1.54) is 22.7 Å². The fourth-order valence-corrected chi connectivity index (χ4v) is 4.07. The van der Waals surface area contributed by atoms with Gasteiger partial charge in [0.1, 0.15) is 20.7 Å². The minimum Gasteiger partial charge on any atom is -0.312 e. The molecule has 3 heterocycles. The van der Waals surface area contributed by atoms with Crippen LogP contribution in [-0.4, -0.2) is 25.7 Å². The Morgan fingerprint density at radius 3 is 2.85 bits per heavy atom. The molecule has 0 aliphatic rings. The summed E-state index contributed by atoms with van der Waals surface area (Å²) in [6, 6.07) is 8.86. The van der Waals surface area contributed by atoms with Crippen LogP contribution in [0, 0.1) is 0 Å². The molecule has 3 aromatic heterocycles. The Morgan fingerprint density at radius 1 is 1.23 bits per heavy atom. The van der Waals surface area contributed by atoms with Crippen LogP contribution in [0.4, 0.5) is 5.00 Å². The molecule has 4 rings (SSSR count). The predicted molar refractivity (Wildman–Crippen MR) is 105 cm³/mol. The molecule has 0 bridgehead atoms. The van der Waals surface area contributed by atoms with Crippen LogP contribution in [0.1, 0.15) is 10.4 Å². The first kappa shape index (κ1) is 16.9. The highest BCUT2D eigenvalue weighted by atomic mass is 35.5. The van der Waals surface area contributed by atoms with Crippen molar-refractivity contribution in [3.05, 3.63) is 58.7 Å². The zero-order valence-electron chi connectivity index (χ0n) is 13.5. The average molecular weight is 402 g/mol. The second kappa shape index (κ2) is 6.99. The van der Waals surface area contributed by atoms with Gasteiger partial charge in [0.15, 0.2) is 0 Å². The molecule has 130 valence electrons. The van der Waals surface area contributed by atoms with Gasteiger partial charge in [-0.2, -0.15) is 5.10 Å². The Hall–Kier alpha value is -2.55. The lowest BCUT2D eigenvalue weighted by molar-refractivity contribution is 0.102. The minimum atomic E-state index is -0.265. The van der Waals surface area contributed by atoms with E-state index in [0.29, 0.717) is 15.6 Å². The third-order valence-electron chi connectivity index (χ3n) is 3.61.